The number of hydrogen-bond donors (Lipinski definition) is 2. The predicted octanol–water partition coefficient (Wildman–Crippen LogP) is 3.15. The molecule has 3 N–H and O–H groups in total. The van der Waals surface area contributed by atoms with Crippen molar-refractivity contribution in [3.8, 4) is 0 Å². The first-order chi connectivity index (χ1) is 12.2. The van der Waals surface area contributed by atoms with Gasteiger partial charge in [0.2, 0.25) is 0 Å². The molecular weight excluding hydrogens is 399 g/mol. The zero-order valence-electron chi connectivity index (χ0n) is 14.1. The Balaban J connectivity index is 2.33. The van der Waals surface area contributed by atoms with E-state index in [4.69, 9.17) is 28.9 Å². The lowest BCUT2D eigenvalue weighted by Gasteiger charge is -2.15. The summed E-state index contributed by atoms with van der Waals surface area (Å²) in [6.07, 6.45) is 0.209. The zero-order valence-corrected chi connectivity index (χ0v) is 16.5. The third kappa shape index (κ3) is 4.67. The standard InChI is InChI=1S/C17H18Cl2N2O4S/c1-10-6-7-12(8-11(10)9-15(20)17(22)25-2)21-26(23,24)16-13(18)4-3-5-14(16)19/h3-8,15,21H,9,20H2,1-2H3/t15-/m0/s1. The molecule has 0 saturated carbocycles. The van der Waals surface area contributed by atoms with Crippen molar-refractivity contribution in [1.29, 1.82) is 0 Å². The SMILES string of the molecule is COC(=O)[C@@H](N)Cc1cc(NS(=O)(=O)c2c(Cl)cccc2Cl)ccc1C. The average Bonchev–Trinajstić information content (AvgIpc) is 2.56. The van der Waals surface area contributed by atoms with Crippen LogP contribution in [0.5, 0.6) is 0 Å². The molecular formula is C17H18Cl2N2O4S. The fraction of sp³-hybridized carbons (Fsp3) is 0.235. The van der Waals surface area contributed by atoms with Crippen LogP contribution >= 0.6 is 23.2 Å². The molecule has 2 aromatic rings. The summed E-state index contributed by atoms with van der Waals surface area (Å²) < 4.78 is 32.3. The molecule has 0 aliphatic heterocycles. The highest BCUT2D eigenvalue weighted by molar-refractivity contribution is 7.93. The highest BCUT2D eigenvalue weighted by Gasteiger charge is 2.22. The normalized spacial score (nSPS) is 12.5. The molecule has 0 radical (unpaired) electrons. The van der Waals surface area contributed by atoms with Crippen LogP contribution in [0.3, 0.4) is 0 Å². The Bertz CT molecular complexity index is 912. The maximum Gasteiger partial charge on any atom is 0.322 e. The number of aryl methyl sites for hydroxylation is 1. The fourth-order valence-electron chi connectivity index (χ4n) is 2.37. The number of benzene rings is 2. The summed E-state index contributed by atoms with van der Waals surface area (Å²) in [4.78, 5) is 11.3. The first-order valence-electron chi connectivity index (χ1n) is 7.55. The minimum absolute atomic E-state index is 0.0186. The van der Waals surface area contributed by atoms with Crippen LogP contribution in [0.4, 0.5) is 5.69 Å². The quantitative estimate of drug-likeness (QED) is 0.704. The number of halogens is 2. The van der Waals surface area contributed by atoms with Crippen molar-refractivity contribution in [1.82, 2.24) is 0 Å². The molecule has 0 fully saturated rings. The average molecular weight is 417 g/mol. The molecule has 26 heavy (non-hydrogen) atoms. The molecule has 6 nitrogen and oxygen atoms in total. The predicted molar refractivity (Wildman–Crippen MR) is 102 cm³/mol. The van der Waals surface area contributed by atoms with Crippen LogP contribution < -0.4 is 10.5 Å². The number of ether oxygens (including phenoxy) is 1. The van der Waals surface area contributed by atoms with Gasteiger partial charge in [-0.3, -0.25) is 9.52 Å². The Hall–Kier alpha value is -1.80. The van der Waals surface area contributed by atoms with E-state index in [0.29, 0.717) is 11.3 Å². The van der Waals surface area contributed by atoms with Crippen molar-refractivity contribution in [2.45, 2.75) is 24.3 Å². The number of hydrogen-bond acceptors (Lipinski definition) is 5. The smallest absolute Gasteiger partial charge is 0.322 e. The van der Waals surface area contributed by atoms with Gasteiger partial charge in [0.1, 0.15) is 10.9 Å². The Labute approximate surface area is 162 Å². The molecule has 0 aliphatic rings. The summed E-state index contributed by atoms with van der Waals surface area (Å²) >= 11 is 12.0. The van der Waals surface area contributed by atoms with Crippen molar-refractivity contribution in [2.24, 2.45) is 5.73 Å². The lowest BCUT2D eigenvalue weighted by Crippen LogP contribution is -2.33. The van der Waals surface area contributed by atoms with Gasteiger partial charge in [0.25, 0.3) is 10.0 Å². The molecule has 9 heteroatoms. The first kappa shape index (κ1) is 20.5. The molecule has 0 aliphatic carbocycles. The Kier molecular flexibility index (Phi) is 6.52. The molecule has 1 atom stereocenters. The first-order valence-corrected chi connectivity index (χ1v) is 9.79. The number of rotatable bonds is 6. The summed E-state index contributed by atoms with van der Waals surface area (Å²) in [5.74, 6) is -0.543. The summed E-state index contributed by atoms with van der Waals surface area (Å²) in [6.45, 7) is 1.84. The third-order valence-electron chi connectivity index (χ3n) is 3.73. The molecule has 0 amide bonds. The molecule has 2 aromatic carbocycles. The molecule has 0 spiro atoms. The van der Waals surface area contributed by atoms with Crippen LogP contribution in [-0.2, 0) is 26.0 Å². The van der Waals surface area contributed by atoms with Gasteiger partial charge in [0, 0.05) is 5.69 Å². The van der Waals surface area contributed by atoms with Crippen molar-refractivity contribution >= 4 is 44.9 Å². The Morgan fingerprint density at radius 2 is 1.85 bits per heavy atom. The van der Waals surface area contributed by atoms with E-state index >= 15 is 0 Å². The van der Waals surface area contributed by atoms with Crippen LogP contribution in [0, 0.1) is 6.92 Å². The van der Waals surface area contributed by atoms with Gasteiger partial charge in [-0.2, -0.15) is 0 Å². The largest absolute Gasteiger partial charge is 0.468 e. The lowest BCUT2D eigenvalue weighted by atomic mass is 10.0. The second kappa shape index (κ2) is 8.26. The number of anilines is 1. The second-order valence-electron chi connectivity index (χ2n) is 5.63. The van der Waals surface area contributed by atoms with Crippen LogP contribution in [-0.4, -0.2) is 27.5 Å². The Morgan fingerprint density at radius 1 is 1.23 bits per heavy atom. The molecule has 0 bridgehead atoms. The maximum atomic E-state index is 12.6. The van der Waals surface area contributed by atoms with Crippen LogP contribution in [0.15, 0.2) is 41.3 Å². The molecule has 2 rings (SSSR count). The highest BCUT2D eigenvalue weighted by atomic mass is 35.5. The van der Waals surface area contributed by atoms with Crippen molar-refractivity contribution in [3.05, 3.63) is 57.6 Å². The molecule has 0 unspecified atom stereocenters. The summed E-state index contributed by atoms with van der Waals surface area (Å²) in [7, 11) is -2.73. The van der Waals surface area contributed by atoms with E-state index in [-0.39, 0.29) is 21.4 Å². The number of carbonyl (C=O) groups is 1. The van der Waals surface area contributed by atoms with Gasteiger partial charge in [-0.25, -0.2) is 8.42 Å². The highest BCUT2D eigenvalue weighted by Crippen LogP contribution is 2.31. The number of carbonyl (C=O) groups excluding carboxylic acids is 1. The number of nitrogens with one attached hydrogen (secondary N) is 1. The topological polar surface area (TPSA) is 98.5 Å². The second-order valence-corrected chi connectivity index (χ2v) is 8.06. The summed E-state index contributed by atoms with van der Waals surface area (Å²) in [6, 6.07) is 8.54. The van der Waals surface area contributed by atoms with E-state index in [9.17, 15) is 13.2 Å². The molecule has 0 saturated heterocycles. The third-order valence-corrected chi connectivity index (χ3v) is 6.07. The van der Waals surface area contributed by atoms with Gasteiger partial charge in [0.05, 0.1) is 17.2 Å². The van der Waals surface area contributed by atoms with Gasteiger partial charge >= 0.3 is 5.97 Å². The van der Waals surface area contributed by atoms with Crippen molar-refractivity contribution in [2.75, 3.05) is 11.8 Å². The van der Waals surface area contributed by atoms with Crippen LogP contribution in [0.25, 0.3) is 0 Å². The van der Waals surface area contributed by atoms with E-state index in [0.717, 1.165) is 5.56 Å². The summed E-state index contributed by atoms with van der Waals surface area (Å²) in [5, 5.41) is 0.0371. The van der Waals surface area contributed by atoms with Crippen molar-refractivity contribution < 1.29 is 17.9 Å². The number of methoxy groups -OCH3 is 1. The molecule has 0 aromatic heterocycles. The Morgan fingerprint density at radius 3 is 2.42 bits per heavy atom. The van der Waals surface area contributed by atoms with Gasteiger partial charge in [-0.15, -0.1) is 0 Å². The van der Waals surface area contributed by atoms with E-state index in [1.165, 1.54) is 19.2 Å². The van der Waals surface area contributed by atoms with E-state index in [1.54, 1.807) is 24.3 Å². The number of esters is 1. The fourth-order valence-corrected chi connectivity index (χ4v) is 4.57. The van der Waals surface area contributed by atoms with Gasteiger partial charge in [0.15, 0.2) is 0 Å². The van der Waals surface area contributed by atoms with E-state index in [2.05, 4.69) is 9.46 Å². The van der Waals surface area contributed by atoms with Gasteiger partial charge < -0.3 is 10.5 Å². The van der Waals surface area contributed by atoms with Crippen LogP contribution in [0.2, 0.25) is 10.0 Å². The van der Waals surface area contributed by atoms with Gasteiger partial charge in [-0.05, 0) is 48.7 Å². The van der Waals surface area contributed by atoms with Crippen molar-refractivity contribution in [3.63, 3.8) is 0 Å². The monoisotopic (exact) mass is 416 g/mol. The zero-order chi connectivity index (χ0) is 19.5. The maximum absolute atomic E-state index is 12.6. The minimum Gasteiger partial charge on any atom is -0.468 e. The minimum atomic E-state index is -3.99. The molecule has 0 heterocycles. The molecule has 140 valence electrons. The van der Waals surface area contributed by atoms with Crippen LogP contribution in [0.1, 0.15) is 11.1 Å². The number of nitrogens with two attached hydrogens (primary N) is 1. The van der Waals surface area contributed by atoms with E-state index < -0.39 is 22.0 Å². The van der Waals surface area contributed by atoms with Gasteiger partial charge in [-0.1, -0.05) is 35.3 Å². The van der Waals surface area contributed by atoms with E-state index in [1.807, 2.05) is 6.92 Å². The number of sulfonamides is 1. The summed E-state index contributed by atoms with van der Waals surface area (Å²) in [5.41, 5.74) is 7.67. The lowest BCUT2D eigenvalue weighted by molar-refractivity contribution is -0.142.